The monoisotopic (exact) mass is 497 g/mol. The molecular weight excluding hydrogens is 474 g/mol. The third-order valence-corrected chi connectivity index (χ3v) is 6.51. The van der Waals surface area contributed by atoms with Crippen molar-refractivity contribution < 1.29 is 19.0 Å². The number of nitrogens with one attached hydrogen (secondary N) is 1. The molecule has 0 fully saturated rings. The fourth-order valence-electron chi connectivity index (χ4n) is 3.91. The highest BCUT2D eigenvalue weighted by Gasteiger charge is 2.17. The molecule has 3 aromatic carbocycles. The van der Waals surface area contributed by atoms with Crippen LogP contribution >= 0.6 is 11.3 Å². The van der Waals surface area contributed by atoms with Crippen LogP contribution in [0.5, 0.6) is 17.2 Å². The second-order valence-corrected chi connectivity index (χ2v) is 8.72. The predicted octanol–water partition coefficient (Wildman–Crippen LogP) is 6.30. The highest BCUT2D eigenvalue weighted by molar-refractivity contribution is 7.14. The number of amides is 1. The number of hydrogen-bond donors (Lipinski definition) is 1. The smallest absolute Gasteiger partial charge is 0.258 e. The number of methoxy groups -OCH3 is 3. The molecule has 0 atom stereocenters. The van der Waals surface area contributed by atoms with Gasteiger partial charge in [-0.3, -0.25) is 10.1 Å². The van der Waals surface area contributed by atoms with E-state index in [2.05, 4.69) is 10.3 Å². The van der Waals surface area contributed by atoms with Gasteiger partial charge in [0.25, 0.3) is 5.91 Å². The largest absolute Gasteiger partial charge is 0.497 e. The molecule has 1 amide bonds. The SMILES string of the molecule is COc1ccc(-c2cc(C(=O)Nc3nc(-c4cc(OC)ccc4OC)cs3)c3ccccc3n2)cc1. The van der Waals surface area contributed by atoms with Crippen molar-refractivity contribution >= 4 is 33.3 Å². The van der Waals surface area contributed by atoms with E-state index in [9.17, 15) is 4.79 Å². The Hall–Kier alpha value is -4.43. The zero-order chi connectivity index (χ0) is 25.1. The number of para-hydroxylation sites is 1. The molecule has 1 N–H and O–H groups in total. The lowest BCUT2D eigenvalue weighted by atomic mass is 10.0. The van der Waals surface area contributed by atoms with Crippen molar-refractivity contribution in [1.82, 2.24) is 9.97 Å². The van der Waals surface area contributed by atoms with Gasteiger partial charge in [-0.2, -0.15) is 0 Å². The number of benzene rings is 3. The Labute approximate surface area is 212 Å². The van der Waals surface area contributed by atoms with E-state index in [0.29, 0.717) is 33.6 Å². The second kappa shape index (κ2) is 10.1. The van der Waals surface area contributed by atoms with Crippen LogP contribution in [0.2, 0.25) is 0 Å². The van der Waals surface area contributed by atoms with Gasteiger partial charge in [-0.05, 0) is 54.6 Å². The summed E-state index contributed by atoms with van der Waals surface area (Å²) in [5.74, 6) is 1.86. The van der Waals surface area contributed by atoms with Crippen molar-refractivity contribution in [1.29, 1.82) is 0 Å². The number of ether oxygens (including phenoxy) is 3. The Bertz CT molecular complexity index is 1550. The summed E-state index contributed by atoms with van der Waals surface area (Å²) in [7, 11) is 4.84. The standard InChI is InChI=1S/C28H23N3O4S/c1-33-18-10-8-17(9-11-18)24-15-21(20-6-4-5-7-23(20)29-24)27(32)31-28-30-25(16-36-28)22-14-19(34-2)12-13-26(22)35-3/h4-16H,1-3H3,(H,30,31,32). The maximum Gasteiger partial charge on any atom is 0.258 e. The molecule has 0 aliphatic rings. The van der Waals surface area contributed by atoms with Gasteiger partial charge in [-0.1, -0.05) is 18.2 Å². The zero-order valence-corrected chi connectivity index (χ0v) is 20.8. The number of rotatable bonds is 7. The number of fused-ring (bicyclic) bond motifs is 1. The van der Waals surface area contributed by atoms with E-state index in [1.807, 2.05) is 72.1 Å². The maximum atomic E-state index is 13.4. The van der Waals surface area contributed by atoms with Crippen molar-refractivity contribution in [2.24, 2.45) is 0 Å². The lowest BCUT2D eigenvalue weighted by Gasteiger charge is -2.10. The molecule has 0 radical (unpaired) electrons. The molecule has 0 saturated heterocycles. The van der Waals surface area contributed by atoms with Crippen LogP contribution in [0.4, 0.5) is 5.13 Å². The number of carbonyl (C=O) groups excluding carboxylic acids is 1. The minimum absolute atomic E-state index is 0.262. The topological polar surface area (TPSA) is 82.6 Å². The lowest BCUT2D eigenvalue weighted by Crippen LogP contribution is -2.13. The summed E-state index contributed by atoms with van der Waals surface area (Å²) in [6, 6.07) is 22.5. The molecule has 0 spiro atoms. The highest BCUT2D eigenvalue weighted by Crippen LogP contribution is 2.35. The minimum Gasteiger partial charge on any atom is -0.497 e. The molecule has 7 nitrogen and oxygen atoms in total. The Balaban J connectivity index is 1.48. The van der Waals surface area contributed by atoms with Crippen molar-refractivity contribution in [3.8, 4) is 39.8 Å². The average Bonchev–Trinajstić information content (AvgIpc) is 3.40. The van der Waals surface area contributed by atoms with E-state index in [0.717, 1.165) is 27.8 Å². The maximum absolute atomic E-state index is 13.4. The predicted molar refractivity (Wildman–Crippen MR) is 142 cm³/mol. The average molecular weight is 498 g/mol. The first kappa shape index (κ1) is 23.3. The highest BCUT2D eigenvalue weighted by atomic mass is 32.1. The molecule has 8 heteroatoms. The van der Waals surface area contributed by atoms with Gasteiger partial charge in [0.05, 0.1) is 43.8 Å². The molecule has 0 unspecified atom stereocenters. The van der Waals surface area contributed by atoms with Gasteiger partial charge in [-0.15, -0.1) is 11.3 Å². The van der Waals surface area contributed by atoms with Crippen molar-refractivity contribution in [3.05, 3.63) is 83.7 Å². The first-order valence-corrected chi connectivity index (χ1v) is 12.0. The van der Waals surface area contributed by atoms with Crippen LogP contribution < -0.4 is 19.5 Å². The van der Waals surface area contributed by atoms with Crippen LogP contribution in [0.15, 0.2) is 78.2 Å². The summed E-state index contributed by atoms with van der Waals surface area (Å²) >= 11 is 1.34. The third kappa shape index (κ3) is 4.58. The van der Waals surface area contributed by atoms with E-state index in [1.165, 1.54) is 11.3 Å². The molecule has 180 valence electrons. The van der Waals surface area contributed by atoms with Gasteiger partial charge in [0.2, 0.25) is 0 Å². The number of hydrogen-bond acceptors (Lipinski definition) is 7. The molecule has 0 aliphatic carbocycles. The van der Waals surface area contributed by atoms with Crippen LogP contribution in [-0.2, 0) is 0 Å². The summed E-state index contributed by atoms with van der Waals surface area (Å²) in [6.07, 6.45) is 0. The van der Waals surface area contributed by atoms with Crippen LogP contribution in [0.25, 0.3) is 33.4 Å². The fraction of sp³-hybridized carbons (Fsp3) is 0.107. The first-order chi connectivity index (χ1) is 17.6. The molecule has 0 aliphatic heterocycles. The van der Waals surface area contributed by atoms with Gasteiger partial charge in [-0.25, -0.2) is 9.97 Å². The summed E-state index contributed by atoms with van der Waals surface area (Å²) in [5.41, 5.74) is 4.30. The Morgan fingerprint density at radius 3 is 2.31 bits per heavy atom. The van der Waals surface area contributed by atoms with Gasteiger partial charge >= 0.3 is 0 Å². The van der Waals surface area contributed by atoms with Gasteiger partial charge in [0.1, 0.15) is 17.2 Å². The minimum atomic E-state index is -0.262. The number of carbonyl (C=O) groups is 1. The van der Waals surface area contributed by atoms with E-state index in [-0.39, 0.29) is 5.91 Å². The number of aromatic nitrogens is 2. The first-order valence-electron chi connectivity index (χ1n) is 11.1. The Kier molecular flexibility index (Phi) is 6.51. The van der Waals surface area contributed by atoms with Gasteiger partial charge in [0.15, 0.2) is 5.13 Å². The molecule has 5 rings (SSSR count). The Morgan fingerprint density at radius 1 is 0.806 bits per heavy atom. The van der Waals surface area contributed by atoms with E-state index in [4.69, 9.17) is 19.2 Å². The van der Waals surface area contributed by atoms with Crippen molar-refractivity contribution in [2.45, 2.75) is 0 Å². The summed E-state index contributed by atoms with van der Waals surface area (Å²) in [4.78, 5) is 22.8. The normalized spacial score (nSPS) is 10.8. The quantitative estimate of drug-likeness (QED) is 0.284. The third-order valence-electron chi connectivity index (χ3n) is 5.75. The molecule has 0 saturated carbocycles. The summed E-state index contributed by atoms with van der Waals surface area (Å²) in [6.45, 7) is 0. The van der Waals surface area contributed by atoms with Crippen LogP contribution in [0, 0.1) is 0 Å². The Morgan fingerprint density at radius 2 is 1.56 bits per heavy atom. The zero-order valence-electron chi connectivity index (χ0n) is 19.9. The summed E-state index contributed by atoms with van der Waals surface area (Å²) in [5, 5.41) is 6.07. The van der Waals surface area contributed by atoms with Gasteiger partial charge < -0.3 is 14.2 Å². The fourth-order valence-corrected chi connectivity index (χ4v) is 4.61. The van der Waals surface area contributed by atoms with E-state index >= 15 is 0 Å². The molecule has 0 bridgehead atoms. The lowest BCUT2D eigenvalue weighted by molar-refractivity contribution is 0.102. The molecule has 5 aromatic rings. The number of anilines is 1. The molecular formula is C28H23N3O4S. The van der Waals surface area contributed by atoms with E-state index in [1.54, 1.807) is 27.4 Å². The molecule has 36 heavy (non-hydrogen) atoms. The van der Waals surface area contributed by atoms with E-state index < -0.39 is 0 Å². The number of thiazole rings is 1. The van der Waals surface area contributed by atoms with Gasteiger partial charge in [0, 0.05) is 21.9 Å². The second-order valence-electron chi connectivity index (χ2n) is 7.86. The van der Waals surface area contributed by atoms with Crippen molar-refractivity contribution in [2.75, 3.05) is 26.6 Å². The van der Waals surface area contributed by atoms with Crippen LogP contribution in [0.3, 0.4) is 0 Å². The van der Waals surface area contributed by atoms with Crippen LogP contribution in [0.1, 0.15) is 10.4 Å². The molecule has 2 aromatic heterocycles. The number of nitrogens with zero attached hydrogens (tertiary/aromatic N) is 2. The number of pyridine rings is 1. The van der Waals surface area contributed by atoms with Crippen molar-refractivity contribution in [3.63, 3.8) is 0 Å². The summed E-state index contributed by atoms with van der Waals surface area (Å²) < 4.78 is 16.1. The van der Waals surface area contributed by atoms with Crippen LogP contribution in [-0.4, -0.2) is 37.2 Å². The molecule has 2 heterocycles.